The van der Waals surface area contributed by atoms with Gasteiger partial charge in [-0.15, -0.1) is 0 Å². The third-order valence-corrected chi connectivity index (χ3v) is 1.31. The number of methoxy groups -OCH3 is 2. The third kappa shape index (κ3) is 11.8. The summed E-state index contributed by atoms with van der Waals surface area (Å²) >= 11 is 0. The standard InChI is InChI=1S/C7H10O4.C4H6O2/c1-5(7(9)11-3)4-6(8)10-2;1-3-6-4(2)5/h1,4H2,2-3H3;3H,1H2,2H3. The molecule has 0 fully saturated rings. The van der Waals surface area contributed by atoms with Crippen molar-refractivity contribution in [3.8, 4) is 0 Å². The van der Waals surface area contributed by atoms with Gasteiger partial charge < -0.3 is 14.2 Å². The molecule has 17 heavy (non-hydrogen) atoms. The summed E-state index contributed by atoms with van der Waals surface area (Å²) in [6, 6.07) is 0. The van der Waals surface area contributed by atoms with Crippen LogP contribution in [-0.4, -0.2) is 32.1 Å². The average molecular weight is 244 g/mol. The molecule has 0 saturated heterocycles. The quantitative estimate of drug-likeness (QED) is 0.317. The largest absolute Gasteiger partial charge is 0.469 e. The monoisotopic (exact) mass is 244 g/mol. The molecule has 6 heteroatoms. The van der Waals surface area contributed by atoms with E-state index in [9.17, 15) is 14.4 Å². The van der Waals surface area contributed by atoms with Gasteiger partial charge in [0.2, 0.25) is 0 Å². The van der Waals surface area contributed by atoms with Crippen molar-refractivity contribution >= 4 is 17.9 Å². The van der Waals surface area contributed by atoms with Gasteiger partial charge in [-0.25, -0.2) is 4.79 Å². The number of esters is 3. The second-order valence-electron chi connectivity index (χ2n) is 2.62. The van der Waals surface area contributed by atoms with E-state index in [-0.39, 0.29) is 18.0 Å². The van der Waals surface area contributed by atoms with Gasteiger partial charge in [0.15, 0.2) is 0 Å². The van der Waals surface area contributed by atoms with Crippen LogP contribution in [0.15, 0.2) is 25.0 Å². The van der Waals surface area contributed by atoms with Crippen LogP contribution >= 0.6 is 0 Å². The fraction of sp³-hybridized carbons (Fsp3) is 0.364. The molecule has 0 heterocycles. The number of ether oxygens (including phenoxy) is 3. The van der Waals surface area contributed by atoms with Gasteiger partial charge in [-0.1, -0.05) is 13.2 Å². The van der Waals surface area contributed by atoms with Gasteiger partial charge in [0.1, 0.15) is 0 Å². The van der Waals surface area contributed by atoms with Crippen molar-refractivity contribution in [1.82, 2.24) is 0 Å². The maximum atomic E-state index is 10.6. The van der Waals surface area contributed by atoms with E-state index < -0.39 is 11.9 Å². The zero-order valence-corrected chi connectivity index (χ0v) is 10.1. The van der Waals surface area contributed by atoms with E-state index in [1.54, 1.807) is 0 Å². The Kier molecular flexibility index (Phi) is 10.6. The van der Waals surface area contributed by atoms with Crippen molar-refractivity contribution in [2.45, 2.75) is 13.3 Å². The Morgan fingerprint density at radius 1 is 1.18 bits per heavy atom. The highest BCUT2D eigenvalue weighted by Crippen LogP contribution is 2.00. The van der Waals surface area contributed by atoms with E-state index in [1.807, 2.05) is 0 Å². The minimum atomic E-state index is -0.588. The van der Waals surface area contributed by atoms with Crippen LogP contribution < -0.4 is 0 Å². The minimum absolute atomic E-state index is 0.0966. The summed E-state index contributed by atoms with van der Waals surface area (Å²) in [7, 11) is 2.47. The summed E-state index contributed by atoms with van der Waals surface area (Å²) in [5, 5.41) is 0. The first kappa shape index (κ1) is 17.3. The lowest BCUT2D eigenvalue weighted by atomic mass is 10.2. The average Bonchev–Trinajstić information content (AvgIpc) is 2.28. The van der Waals surface area contributed by atoms with E-state index in [0.29, 0.717) is 0 Å². The summed E-state index contributed by atoms with van der Waals surface area (Å²) < 4.78 is 12.8. The molecule has 0 radical (unpaired) electrons. The van der Waals surface area contributed by atoms with Crippen LogP contribution in [0, 0.1) is 0 Å². The van der Waals surface area contributed by atoms with Gasteiger partial charge in [0.25, 0.3) is 0 Å². The lowest BCUT2D eigenvalue weighted by molar-refractivity contribution is -0.143. The molecule has 0 unspecified atom stereocenters. The Labute approximate surface area is 99.8 Å². The topological polar surface area (TPSA) is 78.9 Å². The molecule has 0 spiro atoms. The molecule has 0 aliphatic carbocycles. The Bertz CT molecular complexity index is 305. The molecule has 96 valence electrons. The predicted molar refractivity (Wildman–Crippen MR) is 59.8 cm³/mol. The molecule has 0 N–H and O–H groups in total. The van der Waals surface area contributed by atoms with Gasteiger partial charge in [0.05, 0.1) is 26.9 Å². The highest BCUT2D eigenvalue weighted by molar-refractivity contribution is 5.93. The van der Waals surface area contributed by atoms with Crippen LogP contribution in [0.4, 0.5) is 0 Å². The highest BCUT2D eigenvalue weighted by atomic mass is 16.5. The summed E-state index contributed by atoms with van der Waals surface area (Å²) in [6.45, 7) is 7.82. The maximum Gasteiger partial charge on any atom is 0.333 e. The zero-order chi connectivity index (χ0) is 13.8. The summed E-state index contributed by atoms with van der Waals surface area (Å²) in [5.41, 5.74) is 0.0966. The Balaban J connectivity index is 0. The molecule has 0 amide bonds. The van der Waals surface area contributed by atoms with E-state index in [0.717, 1.165) is 6.26 Å². The number of hydrogen-bond acceptors (Lipinski definition) is 6. The number of carbonyl (C=O) groups is 3. The van der Waals surface area contributed by atoms with Crippen molar-refractivity contribution in [2.75, 3.05) is 14.2 Å². The molecular weight excluding hydrogens is 228 g/mol. The molecule has 0 rings (SSSR count). The van der Waals surface area contributed by atoms with Gasteiger partial charge >= 0.3 is 17.9 Å². The Morgan fingerprint density at radius 3 is 1.94 bits per heavy atom. The number of hydrogen-bond donors (Lipinski definition) is 0. The molecule has 0 aromatic heterocycles. The molecular formula is C11H16O6. The Hall–Kier alpha value is -2.11. The molecule has 6 nitrogen and oxygen atoms in total. The van der Waals surface area contributed by atoms with E-state index in [4.69, 9.17) is 0 Å². The van der Waals surface area contributed by atoms with Gasteiger partial charge in [-0.05, 0) is 0 Å². The predicted octanol–water partition coefficient (Wildman–Crippen LogP) is 0.972. The van der Waals surface area contributed by atoms with Crippen molar-refractivity contribution in [3.63, 3.8) is 0 Å². The van der Waals surface area contributed by atoms with E-state index in [1.165, 1.54) is 21.1 Å². The first-order chi connectivity index (χ1) is 7.88. The number of rotatable bonds is 4. The third-order valence-electron chi connectivity index (χ3n) is 1.31. The van der Waals surface area contributed by atoms with Crippen molar-refractivity contribution < 1.29 is 28.6 Å². The van der Waals surface area contributed by atoms with Gasteiger partial charge in [-0.3, -0.25) is 9.59 Å². The fourth-order valence-corrected chi connectivity index (χ4v) is 0.580. The number of carbonyl (C=O) groups excluding carboxylic acids is 3. The molecule has 0 saturated carbocycles. The SMILES string of the molecule is C=C(CC(=O)OC)C(=O)OC.C=COC(C)=O. The fourth-order valence-electron chi connectivity index (χ4n) is 0.580. The molecule has 0 bridgehead atoms. The van der Waals surface area contributed by atoms with Crippen LogP contribution in [-0.2, 0) is 28.6 Å². The van der Waals surface area contributed by atoms with Crippen LogP contribution in [0.2, 0.25) is 0 Å². The van der Waals surface area contributed by atoms with E-state index >= 15 is 0 Å². The first-order valence-corrected chi connectivity index (χ1v) is 4.50. The lowest BCUT2D eigenvalue weighted by Gasteiger charge is -2.00. The molecule has 0 aliphatic rings. The van der Waals surface area contributed by atoms with Gasteiger partial charge in [0, 0.05) is 12.5 Å². The zero-order valence-electron chi connectivity index (χ0n) is 10.1. The normalized spacial score (nSPS) is 7.94. The maximum absolute atomic E-state index is 10.6. The second-order valence-corrected chi connectivity index (χ2v) is 2.62. The van der Waals surface area contributed by atoms with Crippen molar-refractivity contribution in [2.24, 2.45) is 0 Å². The van der Waals surface area contributed by atoms with Crippen LogP contribution in [0.25, 0.3) is 0 Å². The van der Waals surface area contributed by atoms with Crippen molar-refractivity contribution in [1.29, 1.82) is 0 Å². The molecule has 0 aromatic rings. The molecule has 0 aromatic carbocycles. The summed E-state index contributed by atoms with van der Waals surface area (Å²) in [5.74, 6) is -1.42. The van der Waals surface area contributed by atoms with Crippen LogP contribution in [0.1, 0.15) is 13.3 Å². The second kappa shape index (κ2) is 10.4. The Morgan fingerprint density at radius 2 is 1.71 bits per heavy atom. The summed E-state index contributed by atoms with van der Waals surface area (Å²) in [6.07, 6.45) is 0.978. The van der Waals surface area contributed by atoms with E-state index in [2.05, 4.69) is 27.4 Å². The lowest BCUT2D eigenvalue weighted by Crippen LogP contribution is -2.09. The minimum Gasteiger partial charge on any atom is -0.469 e. The molecule has 0 atom stereocenters. The summed E-state index contributed by atoms with van der Waals surface area (Å²) in [4.78, 5) is 30.9. The van der Waals surface area contributed by atoms with Gasteiger partial charge in [-0.2, -0.15) is 0 Å². The first-order valence-electron chi connectivity index (χ1n) is 4.50. The van der Waals surface area contributed by atoms with Crippen LogP contribution in [0.5, 0.6) is 0 Å². The van der Waals surface area contributed by atoms with Crippen molar-refractivity contribution in [3.05, 3.63) is 25.0 Å². The smallest absolute Gasteiger partial charge is 0.333 e. The highest BCUT2D eigenvalue weighted by Gasteiger charge is 2.11. The molecule has 0 aliphatic heterocycles. The van der Waals surface area contributed by atoms with Crippen LogP contribution in [0.3, 0.4) is 0 Å².